The largest absolute Gasteiger partial charge is 0.456 e. The summed E-state index contributed by atoms with van der Waals surface area (Å²) in [4.78, 5) is 3.40. The Kier molecular flexibility index (Phi) is 6.89. The highest BCUT2D eigenvalue weighted by molar-refractivity contribution is 9.10. The van der Waals surface area contributed by atoms with Gasteiger partial charge in [0.1, 0.15) is 11.2 Å². The number of hydrogen-bond donors (Lipinski definition) is 0. The first-order chi connectivity index (χ1) is 19.6. The molecule has 4 heteroatoms. The maximum atomic E-state index is 6.14. The van der Waals surface area contributed by atoms with Crippen LogP contribution < -0.4 is 4.90 Å². The van der Waals surface area contributed by atoms with Crippen molar-refractivity contribution < 1.29 is 4.42 Å². The van der Waals surface area contributed by atoms with Crippen LogP contribution in [0.3, 0.4) is 0 Å². The summed E-state index contributed by atoms with van der Waals surface area (Å²) in [5.41, 5.74) is 8.07. The number of furan rings is 1. The molecule has 0 fully saturated rings. The van der Waals surface area contributed by atoms with Crippen LogP contribution in [0.1, 0.15) is 16.0 Å². The van der Waals surface area contributed by atoms with Crippen LogP contribution in [0.5, 0.6) is 0 Å². The Bertz CT molecular complexity index is 1990. The van der Waals surface area contributed by atoms with E-state index in [1.807, 2.05) is 42.5 Å². The molecule has 0 aliphatic carbocycles. The van der Waals surface area contributed by atoms with E-state index in [0.29, 0.717) is 0 Å². The third-order valence-electron chi connectivity index (χ3n) is 7.03. The van der Waals surface area contributed by atoms with E-state index in [0.717, 1.165) is 75.1 Å². The molecule has 6 aromatic rings. The monoisotopic (exact) mass is 599 g/mol. The first kappa shape index (κ1) is 25.9. The van der Waals surface area contributed by atoms with Crippen molar-refractivity contribution in [3.63, 3.8) is 0 Å². The molecule has 2 nitrogen and oxygen atoms in total. The van der Waals surface area contributed by atoms with Crippen molar-refractivity contribution in [3.05, 3.63) is 144 Å². The van der Waals surface area contributed by atoms with Gasteiger partial charge >= 0.3 is 0 Å². The molecule has 2 heterocycles. The Balaban J connectivity index is 1.63. The number of para-hydroxylation sites is 1. The van der Waals surface area contributed by atoms with Crippen LogP contribution in [0.2, 0.25) is 0 Å². The van der Waals surface area contributed by atoms with Crippen LogP contribution in [0.15, 0.2) is 132 Å². The van der Waals surface area contributed by atoms with Gasteiger partial charge in [-0.05, 0) is 65.2 Å². The van der Waals surface area contributed by atoms with Crippen molar-refractivity contribution in [2.45, 2.75) is 0 Å². The van der Waals surface area contributed by atoms with E-state index < -0.39 is 0 Å². The van der Waals surface area contributed by atoms with Gasteiger partial charge in [-0.1, -0.05) is 103 Å². The van der Waals surface area contributed by atoms with Gasteiger partial charge in [-0.15, -0.1) is 11.3 Å². The maximum absolute atomic E-state index is 6.14. The van der Waals surface area contributed by atoms with Gasteiger partial charge in [0.15, 0.2) is 0 Å². The molecular weight excluding hydrogens is 574 g/mol. The second-order valence-corrected chi connectivity index (χ2v) is 11.3. The average molecular weight is 601 g/mol. The summed E-state index contributed by atoms with van der Waals surface area (Å²) in [5, 5.41) is 3.31. The SMILES string of the molecule is C=C/C=C(\C=C)c1ccc(N(c2ccc3oc4ccccc4c3c2)c2cc(Br)cc3c(C=C)c(C=C)sc23)cc1. The molecule has 40 heavy (non-hydrogen) atoms. The zero-order valence-electron chi connectivity index (χ0n) is 21.9. The predicted molar refractivity (Wildman–Crippen MR) is 180 cm³/mol. The summed E-state index contributed by atoms with van der Waals surface area (Å²) in [5.74, 6) is 0. The van der Waals surface area contributed by atoms with E-state index in [4.69, 9.17) is 4.42 Å². The fourth-order valence-electron chi connectivity index (χ4n) is 5.20. The number of nitrogens with zero attached hydrogens (tertiary/aromatic N) is 1. The molecule has 194 valence electrons. The molecule has 0 saturated heterocycles. The Labute approximate surface area is 246 Å². The minimum atomic E-state index is 0.865. The van der Waals surface area contributed by atoms with E-state index in [9.17, 15) is 0 Å². The zero-order chi connectivity index (χ0) is 27.8. The summed E-state index contributed by atoms with van der Waals surface area (Å²) < 4.78 is 8.29. The number of rotatable bonds is 8. The van der Waals surface area contributed by atoms with E-state index in [-0.39, 0.29) is 0 Å². The van der Waals surface area contributed by atoms with Gasteiger partial charge in [0.2, 0.25) is 0 Å². The molecule has 0 amide bonds. The second kappa shape index (κ2) is 10.6. The molecular formula is C36H26BrNOS. The zero-order valence-corrected chi connectivity index (χ0v) is 24.3. The van der Waals surface area contributed by atoms with Crippen LogP contribution in [0.4, 0.5) is 17.1 Å². The van der Waals surface area contributed by atoms with Gasteiger partial charge in [0.05, 0.1) is 10.4 Å². The number of fused-ring (bicyclic) bond motifs is 4. The molecule has 0 aliphatic heterocycles. The average Bonchev–Trinajstić information content (AvgIpc) is 3.54. The van der Waals surface area contributed by atoms with Crippen molar-refractivity contribution in [2.75, 3.05) is 4.90 Å². The Morgan fingerprint density at radius 2 is 1.52 bits per heavy atom. The minimum Gasteiger partial charge on any atom is -0.456 e. The third-order valence-corrected chi connectivity index (χ3v) is 8.72. The highest BCUT2D eigenvalue weighted by Gasteiger charge is 2.21. The molecule has 0 saturated carbocycles. The second-order valence-electron chi connectivity index (χ2n) is 9.31. The van der Waals surface area contributed by atoms with Crippen molar-refractivity contribution in [1.82, 2.24) is 0 Å². The summed E-state index contributed by atoms with van der Waals surface area (Å²) in [6, 6.07) is 27.4. The number of benzene rings is 4. The van der Waals surface area contributed by atoms with Gasteiger partial charge in [0, 0.05) is 36.9 Å². The Morgan fingerprint density at radius 1 is 0.775 bits per heavy atom. The van der Waals surface area contributed by atoms with Crippen molar-refractivity contribution >= 4 is 94.1 Å². The topological polar surface area (TPSA) is 16.4 Å². The third kappa shape index (κ3) is 4.36. The first-order valence-electron chi connectivity index (χ1n) is 12.8. The van der Waals surface area contributed by atoms with E-state index in [1.54, 1.807) is 17.4 Å². The number of allylic oxidation sites excluding steroid dienone is 4. The van der Waals surface area contributed by atoms with Gasteiger partial charge in [0.25, 0.3) is 0 Å². The van der Waals surface area contributed by atoms with Crippen LogP contribution in [-0.4, -0.2) is 0 Å². The lowest BCUT2D eigenvalue weighted by molar-refractivity contribution is 0.669. The van der Waals surface area contributed by atoms with Crippen molar-refractivity contribution in [2.24, 2.45) is 0 Å². The molecule has 0 radical (unpaired) electrons. The molecule has 0 spiro atoms. The smallest absolute Gasteiger partial charge is 0.135 e. The van der Waals surface area contributed by atoms with Gasteiger partial charge in [-0.2, -0.15) is 0 Å². The van der Waals surface area contributed by atoms with E-state index in [1.165, 1.54) is 0 Å². The van der Waals surface area contributed by atoms with Gasteiger partial charge < -0.3 is 9.32 Å². The lowest BCUT2D eigenvalue weighted by atomic mass is 10.0. The van der Waals surface area contributed by atoms with E-state index in [2.05, 4.69) is 108 Å². The highest BCUT2D eigenvalue weighted by atomic mass is 79.9. The lowest BCUT2D eigenvalue weighted by Crippen LogP contribution is -2.10. The highest BCUT2D eigenvalue weighted by Crippen LogP contribution is 2.47. The summed E-state index contributed by atoms with van der Waals surface area (Å²) in [6.45, 7) is 16.0. The summed E-state index contributed by atoms with van der Waals surface area (Å²) >= 11 is 5.51. The van der Waals surface area contributed by atoms with Crippen LogP contribution in [0.25, 0.3) is 49.7 Å². The lowest BCUT2D eigenvalue weighted by Gasteiger charge is -2.26. The summed E-state index contributed by atoms with van der Waals surface area (Å²) in [7, 11) is 0. The molecule has 0 bridgehead atoms. The minimum absolute atomic E-state index is 0.865. The predicted octanol–water partition coefficient (Wildman–Crippen LogP) is 12.1. The van der Waals surface area contributed by atoms with Crippen LogP contribution in [-0.2, 0) is 0 Å². The van der Waals surface area contributed by atoms with Crippen molar-refractivity contribution in [1.29, 1.82) is 0 Å². The van der Waals surface area contributed by atoms with Gasteiger partial charge in [-0.25, -0.2) is 0 Å². The van der Waals surface area contributed by atoms with Crippen molar-refractivity contribution in [3.8, 4) is 0 Å². The molecule has 2 aromatic heterocycles. The molecule has 4 aromatic carbocycles. The number of thiophene rings is 1. The fraction of sp³-hybridized carbons (Fsp3) is 0. The number of halogens is 1. The molecule has 0 N–H and O–H groups in total. The normalized spacial score (nSPS) is 11.7. The number of hydrogen-bond acceptors (Lipinski definition) is 3. The quantitative estimate of drug-likeness (QED) is 0.162. The standard InChI is InChI=1S/C36H26BrNOS/c1-5-11-23(6-2)24-14-16-26(17-15-24)38(27-18-19-34-30(22-27)29-12-9-10-13-33(29)39-34)32-21-25(37)20-31-28(7-3)35(8-4)40-36(31)32/h5-22H,1-4H2/b23-11+. The van der Waals surface area contributed by atoms with Crippen LogP contribution in [0, 0.1) is 0 Å². The molecule has 0 aliphatic rings. The molecule has 6 rings (SSSR count). The number of anilines is 3. The van der Waals surface area contributed by atoms with Gasteiger partial charge in [-0.3, -0.25) is 0 Å². The summed E-state index contributed by atoms with van der Waals surface area (Å²) in [6.07, 6.45) is 9.42. The van der Waals surface area contributed by atoms with E-state index >= 15 is 0 Å². The molecule has 0 atom stereocenters. The Morgan fingerprint density at radius 3 is 2.25 bits per heavy atom. The fourth-order valence-corrected chi connectivity index (χ4v) is 6.79. The maximum Gasteiger partial charge on any atom is 0.135 e. The molecule has 0 unspecified atom stereocenters. The Hall–Kier alpha value is -4.38. The first-order valence-corrected chi connectivity index (χ1v) is 14.4. The van der Waals surface area contributed by atoms with Crippen LogP contribution >= 0.6 is 27.3 Å².